The minimum atomic E-state index is -0.195. The molecule has 0 radical (unpaired) electrons. The van der Waals surface area contributed by atoms with Gasteiger partial charge < -0.3 is 4.90 Å². The highest BCUT2D eigenvalue weighted by Crippen LogP contribution is 2.34. The van der Waals surface area contributed by atoms with Crippen LogP contribution in [0.1, 0.15) is 41.1 Å². The highest BCUT2D eigenvalue weighted by atomic mass is 32.1. The van der Waals surface area contributed by atoms with Crippen LogP contribution < -0.4 is 5.32 Å². The van der Waals surface area contributed by atoms with Gasteiger partial charge in [0.2, 0.25) is 0 Å². The molecule has 0 bridgehead atoms. The molecule has 4 nitrogen and oxygen atoms in total. The minimum Gasteiger partial charge on any atom is -0.309 e. The maximum Gasteiger partial charge on any atom is 0.154 e. The number of hydrogen-bond acceptors (Lipinski definition) is 4. The van der Waals surface area contributed by atoms with Gasteiger partial charge in [-0.2, -0.15) is 4.99 Å². The quantitative estimate of drug-likeness (QED) is 0.275. The molecule has 0 atom stereocenters. The van der Waals surface area contributed by atoms with Crippen molar-refractivity contribution in [3.63, 3.8) is 0 Å². The third-order valence-electron chi connectivity index (χ3n) is 4.66. The van der Waals surface area contributed by atoms with Crippen LogP contribution in [0.2, 0.25) is 0 Å². The largest absolute Gasteiger partial charge is 0.309 e. The molecular weight excluding hydrogens is 414 g/mol. The molecule has 0 saturated heterocycles. The lowest BCUT2D eigenvalue weighted by Crippen LogP contribution is -2.26. The Kier molecular flexibility index (Phi) is 9.77. The van der Waals surface area contributed by atoms with Gasteiger partial charge in [0.15, 0.2) is 5.00 Å². The summed E-state index contributed by atoms with van der Waals surface area (Å²) in [6.45, 7) is 11.7. The number of nitrogens with one attached hydrogen (secondary N) is 1. The van der Waals surface area contributed by atoms with Crippen LogP contribution in [0.4, 0.5) is 9.39 Å². The van der Waals surface area contributed by atoms with Gasteiger partial charge in [-0.15, -0.1) is 0 Å². The van der Waals surface area contributed by atoms with Crippen molar-refractivity contribution in [2.24, 2.45) is 4.99 Å². The topological polar surface area (TPSA) is 40.5 Å². The molecule has 160 valence electrons. The Morgan fingerprint density at radius 1 is 1.37 bits per heavy atom. The smallest absolute Gasteiger partial charge is 0.154 e. The second-order valence-corrected chi connectivity index (χ2v) is 8.91. The molecule has 1 aromatic carbocycles. The summed E-state index contributed by atoms with van der Waals surface area (Å²) in [4.78, 5) is 11.2. The molecule has 0 saturated carbocycles. The zero-order valence-electron chi connectivity index (χ0n) is 18.0. The molecule has 1 N–H and O–H groups in total. The molecule has 30 heavy (non-hydrogen) atoms. The first-order valence-corrected chi connectivity index (χ1v) is 11.3. The number of rotatable bonds is 12. The average molecular weight is 445 g/mol. The van der Waals surface area contributed by atoms with E-state index in [4.69, 9.17) is 4.98 Å². The summed E-state index contributed by atoms with van der Waals surface area (Å²) < 4.78 is 13.5. The number of thiazole rings is 1. The van der Waals surface area contributed by atoms with Crippen LogP contribution in [0.15, 0.2) is 36.3 Å². The second kappa shape index (κ2) is 12.0. The van der Waals surface area contributed by atoms with Gasteiger partial charge in [-0.3, -0.25) is 5.32 Å². The number of aliphatic imine (C=N–C) groups is 1. The monoisotopic (exact) mass is 444 g/mol. The Morgan fingerprint density at radius 2 is 2.13 bits per heavy atom. The number of nitrogens with zero attached hydrogens (tertiary/aromatic N) is 3. The zero-order valence-corrected chi connectivity index (χ0v) is 19.8. The van der Waals surface area contributed by atoms with Crippen LogP contribution in [0, 0.1) is 12.7 Å². The van der Waals surface area contributed by atoms with Crippen molar-refractivity contribution in [2.45, 2.75) is 32.6 Å². The lowest BCUT2D eigenvalue weighted by atomic mass is 10.00. The van der Waals surface area contributed by atoms with E-state index in [1.807, 2.05) is 13.0 Å². The normalized spacial score (nSPS) is 10.8. The van der Waals surface area contributed by atoms with E-state index in [-0.39, 0.29) is 5.82 Å². The number of benzene rings is 1. The van der Waals surface area contributed by atoms with Gasteiger partial charge in [0.25, 0.3) is 0 Å². The molecule has 0 amide bonds. The van der Waals surface area contributed by atoms with E-state index in [1.165, 1.54) is 17.4 Å². The van der Waals surface area contributed by atoms with Gasteiger partial charge in [-0.05, 0) is 94.5 Å². The number of allylic oxidation sites excluding steroid dienone is 1. The summed E-state index contributed by atoms with van der Waals surface area (Å²) >= 11 is 1.47. The zero-order chi connectivity index (χ0) is 22.1. The lowest BCUT2D eigenvalue weighted by molar-refractivity contribution is 0.400. The molecule has 2 aromatic rings. The van der Waals surface area contributed by atoms with E-state index >= 15 is 0 Å². The van der Waals surface area contributed by atoms with Gasteiger partial charge in [0, 0.05) is 6.54 Å². The molecular formula is C23H30FN4PS. The first kappa shape index (κ1) is 24.3. The van der Waals surface area contributed by atoms with Crippen LogP contribution in [0.25, 0.3) is 5.57 Å². The van der Waals surface area contributed by atoms with E-state index in [0.29, 0.717) is 0 Å². The van der Waals surface area contributed by atoms with Crippen molar-refractivity contribution in [3.05, 3.63) is 59.0 Å². The minimum absolute atomic E-state index is 0.195. The molecule has 0 aliphatic heterocycles. The fourth-order valence-electron chi connectivity index (χ4n) is 3.00. The summed E-state index contributed by atoms with van der Waals surface area (Å²) in [5.41, 5.74) is 4.66. The SMILES string of the molecule is C=C=Nc1sc(C(=P)NCCCN(C)C)nc1C(=C)CCCc1cc(F)ccc1C. The van der Waals surface area contributed by atoms with E-state index in [0.717, 1.165) is 76.6 Å². The van der Waals surface area contributed by atoms with E-state index in [9.17, 15) is 4.39 Å². The van der Waals surface area contributed by atoms with Crippen LogP contribution in [0.5, 0.6) is 0 Å². The van der Waals surface area contributed by atoms with Crippen molar-refractivity contribution < 1.29 is 4.39 Å². The predicted molar refractivity (Wildman–Crippen MR) is 132 cm³/mol. The predicted octanol–water partition coefficient (Wildman–Crippen LogP) is 5.28. The highest BCUT2D eigenvalue weighted by Gasteiger charge is 2.16. The van der Waals surface area contributed by atoms with Crippen molar-refractivity contribution in [3.8, 4) is 0 Å². The number of hydrogen-bond donors (Lipinski definition) is 1. The van der Waals surface area contributed by atoms with Gasteiger partial charge in [0.05, 0.1) is 5.42 Å². The molecule has 0 aliphatic carbocycles. The third-order valence-corrected chi connectivity index (χ3v) is 6.22. The van der Waals surface area contributed by atoms with Crippen molar-refractivity contribution in [2.75, 3.05) is 27.2 Å². The second-order valence-electron chi connectivity index (χ2n) is 7.43. The van der Waals surface area contributed by atoms with Crippen LogP contribution in [0.3, 0.4) is 0 Å². The Labute approximate surface area is 185 Å². The summed E-state index contributed by atoms with van der Waals surface area (Å²) in [6, 6.07) is 4.93. The van der Waals surface area contributed by atoms with Crippen molar-refractivity contribution in [1.82, 2.24) is 15.2 Å². The van der Waals surface area contributed by atoms with E-state index in [1.54, 1.807) is 6.07 Å². The van der Waals surface area contributed by atoms with E-state index < -0.39 is 0 Å². The molecule has 0 spiro atoms. The van der Waals surface area contributed by atoms with Crippen molar-refractivity contribution in [1.29, 1.82) is 0 Å². The van der Waals surface area contributed by atoms with Gasteiger partial charge in [-0.25, -0.2) is 9.37 Å². The Bertz CT molecular complexity index is 945. The first-order chi connectivity index (χ1) is 14.3. The van der Waals surface area contributed by atoms with Gasteiger partial charge in [0.1, 0.15) is 16.5 Å². The maximum absolute atomic E-state index is 13.5. The summed E-state index contributed by atoms with van der Waals surface area (Å²) in [7, 11) is 7.78. The van der Waals surface area contributed by atoms with Gasteiger partial charge >= 0.3 is 0 Å². The lowest BCUT2D eigenvalue weighted by Gasteiger charge is -2.09. The maximum atomic E-state index is 13.5. The third kappa shape index (κ3) is 7.39. The highest BCUT2D eigenvalue weighted by molar-refractivity contribution is 7.27. The summed E-state index contributed by atoms with van der Waals surface area (Å²) in [6.07, 6.45) is 3.44. The Morgan fingerprint density at radius 3 is 2.83 bits per heavy atom. The fourth-order valence-corrected chi connectivity index (χ4v) is 4.23. The molecule has 0 unspecified atom stereocenters. The number of aromatic nitrogens is 1. The standard InChI is InChI=1S/C23H30FN4PS/c1-6-25-22-20(27-23(30-22)21(29)26-13-8-14-28(4)5)17(3)9-7-10-18-15-19(24)12-11-16(18)2/h11-12,15,26,29H,1,3,7-10,13-14H2,2,4-5H3. The van der Waals surface area contributed by atoms with Crippen LogP contribution in [-0.2, 0) is 6.42 Å². The Balaban J connectivity index is 2.00. The number of aryl methyl sites for hydroxylation is 2. The Hall–Kier alpha value is -1.94. The fraction of sp³-hybridized carbons (Fsp3) is 0.391. The summed E-state index contributed by atoms with van der Waals surface area (Å²) in [5, 5.41) is 4.93. The average Bonchev–Trinajstić information content (AvgIpc) is 3.12. The summed E-state index contributed by atoms with van der Waals surface area (Å²) in [5.74, 6) is 2.41. The van der Waals surface area contributed by atoms with Crippen LogP contribution in [-0.4, -0.2) is 48.4 Å². The van der Waals surface area contributed by atoms with E-state index in [2.05, 4.69) is 57.2 Å². The molecule has 0 aliphatic rings. The van der Waals surface area contributed by atoms with Crippen molar-refractivity contribution >= 4 is 42.1 Å². The van der Waals surface area contributed by atoms with Crippen LogP contribution >= 0.6 is 20.2 Å². The van der Waals surface area contributed by atoms with Gasteiger partial charge in [-0.1, -0.05) is 32.8 Å². The molecule has 1 heterocycles. The molecule has 0 fully saturated rings. The molecule has 7 heteroatoms. The molecule has 2 rings (SSSR count). The number of halogens is 1. The molecule has 1 aromatic heterocycles. The first-order valence-electron chi connectivity index (χ1n) is 9.96.